The number of nitrogens with zero attached hydrogens (tertiary/aromatic N) is 4. The third-order valence-electron chi connectivity index (χ3n) is 4.49. The van der Waals surface area contributed by atoms with Crippen LogP contribution in [0.5, 0.6) is 0 Å². The largest absolute Gasteiger partial charge is 0.465 e. The molecule has 9 nitrogen and oxygen atoms in total. The molecule has 4 aromatic rings. The number of hydrogen-bond donors (Lipinski definition) is 3. The van der Waals surface area contributed by atoms with E-state index in [0.717, 1.165) is 16.8 Å². The molecule has 9 heteroatoms. The highest BCUT2D eigenvalue weighted by molar-refractivity contribution is 5.92. The van der Waals surface area contributed by atoms with Gasteiger partial charge in [0.2, 0.25) is 5.91 Å². The molecule has 3 aromatic heterocycles. The fourth-order valence-electron chi connectivity index (χ4n) is 2.89. The summed E-state index contributed by atoms with van der Waals surface area (Å²) in [6.07, 6.45) is 6.74. The van der Waals surface area contributed by atoms with E-state index in [1.54, 1.807) is 35.1 Å². The van der Waals surface area contributed by atoms with Crippen molar-refractivity contribution in [1.29, 1.82) is 0 Å². The fourth-order valence-corrected chi connectivity index (χ4v) is 2.89. The van der Waals surface area contributed by atoms with E-state index < -0.39 is 6.09 Å². The second kappa shape index (κ2) is 9.69. The summed E-state index contributed by atoms with van der Waals surface area (Å²) in [5.74, 6) is -0.123. The third-order valence-corrected chi connectivity index (χ3v) is 4.49. The van der Waals surface area contributed by atoms with Crippen LogP contribution in [0.15, 0.2) is 67.0 Å². The second-order valence-electron chi connectivity index (χ2n) is 7.27. The minimum Gasteiger partial charge on any atom is -0.465 e. The van der Waals surface area contributed by atoms with Crippen LogP contribution in [-0.4, -0.2) is 36.7 Å². The van der Waals surface area contributed by atoms with E-state index in [1.807, 2.05) is 36.4 Å². The molecule has 1 saturated carbocycles. The number of benzene rings is 1. The van der Waals surface area contributed by atoms with E-state index in [1.165, 1.54) is 19.3 Å². The van der Waals surface area contributed by atoms with E-state index in [0.29, 0.717) is 11.3 Å². The Kier molecular flexibility index (Phi) is 6.35. The van der Waals surface area contributed by atoms with Crippen LogP contribution in [0, 0.1) is 0 Å². The van der Waals surface area contributed by atoms with Gasteiger partial charge in [0, 0.05) is 11.8 Å². The van der Waals surface area contributed by atoms with Crippen molar-refractivity contribution in [1.82, 2.24) is 19.6 Å². The van der Waals surface area contributed by atoms with Crippen molar-refractivity contribution in [3.63, 3.8) is 0 Å². The molecule has 0 saturated heterocycles. The first-order valence-electron chi connectivity index (χ1n) is 10.2. The van der Waals surface area contributed by atoms with Gasteiger partial charge in [-0.15, -0.1) is 5.10 Å². The van der Waals surface area contributed by atoms with Gasteiger partial charge >= 0.3 is 6.09 Å². The molecule has 3 heterocycles. The van der Waals surface area contributed by atoms with Gasteiger partial charge in [0.1, 0.15) is 0 Å². The molecular formula is C23H22N6O3. The Bertz CT molecular complexity index is 1220. The van der Waals surface area contributed by atoms with Crippen molar-refractivity contribution in [2.45, 2.75) is 25.7 Å². The number of anilines is 2. The number of carbonyl (C=O) groups is 2. The monoisotopic (exact) mass is 430 g/mol. The molecule has 1 aliphatic rings. The van der Waals surface area contributed by atoms with Crippen molar-refractivity contribution >= 4 is 29.3 Å². The maximum absolute atomic E-state index is 12.2. The quantitative estimate of drug-likeness (QED) is 0.436. The molecule has 162 valence electrons. The minimum absolute atomic E-state index is 0.00800. The third kappa shape index (κ3) is 5.66. The molecule has 0 bridgehead atoms. The molecule has 3 N–H and O–H groups in total. The van der Waals surface area contributed by atoms with Gasteiger partial charge in [-0.2, -0.15) is 4.98 Å². The summed E-state index contributed by atoms with van der Waals surface area (Å²) < 4.78 is 1.56. The molecule has 0 unspecified atom stereocenters. The Morgan fingerprint density at radius 1 is 0.969 bits per heavy atom. The summed E-state index contributed by atoms with van der Waals surface area (Å²) in [5, 5.41) is 18.0. The van der Waals surface area contributed by atoms with Gasteiger partial charge in [0.15, 0.2) is 5.65 Å². The van der Waals surface area contributed by atoms with Gasteiger partial charge in [-0.3, -0.25) is 15.1 Å². The summed E-state index contributed by atoms with van der Waals surface area (Å²) >= 11 is 0. The molecule has 0 radical (unpaired) electrons. The van der Waals surface area contributed by atoms with Crippen LogP contribution < -0.4 is 10.6 Å². The Morgan fingerprint density at radius 3 is 2.41 bits per heavy atom. The first-order valence-corrected chi connectivity index (χ1v) is 10.2. The molecule has 32 heavy (non-hydrogen) atoms. The average Bonchev–Trinajstić information content (AvgIpc) is 3.61. The zero-order chi connectivity index (χ0) is 22.3. The Labute approximate surface area is 184 Å². The Hall–Kier alpha value is -4.27. The maximum Gasteiger partial charge on any atom is 0.411 e. The summed E-state index contributed by atoms with van der Waals surface area (Å²) in [6, 6.07) is 16.4. The van der Waals surface area contributed by atoms with Crippen molar-refractivity contribution in [2.75, 3.05) is 10.6 Å². The maximum atomic E-state index is 12.2. The van der Waals surface area contributed by atoms with Crippen LogP contribution >= 0.6 is 0 Å². The Morgan fingerprint density at radius 2 is 1.75 bits per heavy atom. The van der Waals surface area contributed by atoms with Crippen LogP contribution in [0.1, 0.15) is 24.8 Å². The minimum atomic E-state index is -1.23. The van der Waals surface area contributed by atoms with Crippen LogP contribution in [0.25, 0.3) is 16.9 Å². The molecular weight excluding hydrogens is 408 g/mol. The summed E-state index contributed by atoms with van der Waals surface area (Å²) in [5.41, 5.74) is 3.64. The van der Waals surface area contributed by atoms with E-state index >= 15 is 0 Å². The molecule has 0 atom stereocenters. The first kappa shape index (κ1) is 21.0. The number of fused-ring (bicyclic) bond motifs is 1. The predicted octanol–water partition coefficient (Wildman–Crippen LogP) is 4.23. The smallest absolute Gasteiger partial charge is 0.411 e. The number of nitrogens with one attached hydrogen (secondary N) is 2. The number of aromatic nitrogens is 4. The Balaban J connectivity index is 0.000000754. The SMILES string of the molecule is C1CC1.O=C(O)Nc1nc2cccc(-c3ccc(CC(=O)Nc4cccnc4)cc3)n2n1. The second-order valence-corrected chi connectivity index (χ2v) is 7.27. The number of pyridine rings is 2. The standard InChI is InChI=1S/C20H16N6O3.C3H6/c27-18(22-15-3-2-10-21-12-15)11-13-6-8-14(9-7-13)16-4-1-5-17-23-19(24-20(28)29)25-26(16)17;1-2-3-1/h1-10,12H,11H2,(H,22,27)(H,24,25)(H,28,29);1-3H2. The molecule has 0 spiro atoms. The zero-order valence-electron chi connectivity index (χ0n) is 17.2. The number of carboxylic acid groups (broad SMARTS) is 1. The van der Waals surface area contributed by atoms with Gasteiger partial charge in [-0.1, -0.05) is 49.6 Å². The van der Waals surface area contributed by atoms with Gasteiger partial charge < -0.3 is 10.4 Å². The average molecular weight is 430 g/mol. The van der Waals surface area contributed by atoms with Gasteiger partial charge in [-0.05, 0) is 29.8 Å². The van der Waals surface area contributed by atoms with Crippen molar-refractivity contribution in [3.8, 4) is 11.3 Å². The predicted molar refractivity (Wildman–Crippen MR) is 120 cm³/mol. The van der Waals surface area contributed by atoms with Gasteiger partial charge in [0.05, 0.1) is 24.0 Å². The number of hydrogen-bond acceptors (Lipinski definition) is 5. The summed E-state index contributed by atoms with van der Waals surface area (Å²) in [4.78, 5) is 31.1. The molecule has 1 fully saturated rings. The molecule has 5 rings (SSSR count). The zero-order valence-corrected chi connectivity index (χ0v) is 17.2. The molecule has 0 aliphatic heterocycles. The lowest BCUT2D eigenvalue weighted by Gasteiger charge is -2.07. The lowest BCUT2D eigenvalue weighted by atomic mass is 10.1. The van der Waals surface area contributed by atoms with E-state index in [4.69, 9.17) is 5.11 Å². The lowest BCUT2D eigenvalue weighted by molar-refractivity contribution is -0.115. The summed E-state index contributed by atoms with van der Waals surface area (Å²) in [7, 11) is 0. The normalized spacial score (nSPS) is 11.9. The highest BCUT2D eigenvalue weighted by atomic mass is 16.4. The van der Waals surface area contributed by atoms with E-state index in [-0.39, 0.29) is 18.3 Å². The highest BCUT2D eigenvalue weighted by Gasteiger charge is 2.11. The van der Waals surface area contributed by atoms with Crippen LogP contribution in [0.2, 0.25) is 0 Å². The van der Waals surface area contributed by atoms with E-state index in [9.17, 15) is 9.59 Å². The van der Waals surface area contributed by atoms with Gasteiger partial charge in [-0.25, -0.2) is 9.31 Å². The van der Waals surface area contributed by atoms with Crippen LogP contribution in [-0.2, 0) is 11.2 Å². The molecule has 2 amide bonds. The van der Waals surface area contributed by atoms with Crippen molar-refractivity contribution in [3.05, 3.63) is 72.6 Å². The lowest BCUT2D eigenvalue weighted by Crippen LogP contribution is -2.14. The topological polar surface area (TPSA) is 122 Å². The fraction of sp³-hybridized carbons (Fsp3) is 0.174. The highest BCUT2D eigenvalue weighted by Crippen LogP contribution is 2.22. The number of rotatable bonds is 5. The van der Waals surface area contributed by atoms with Crippen LogP contribution in [0.3, 0.4) is 0 Å². The molecule has 1 aromatic carbocycles. The van der Waals surface area contributed by atoms with Crippen LogP contribution in [0.4, 0.5) is 16.4 Å². The van der Waals surface area contributed by atoms with Gasteiger partial charge in [0.25, 0.3) is 5.95 Å². The first-order chi connectivity index (χ1) is 15.6. The number of amides is 2. The number of carbonyl (C=O) groups excluding carboxylic acids is 1. The molecule has 1 aliphatic carbocycles. The van der Waals surface area contributed by atoms with Crippen molar-refractivity contribution in [2.24, 2.45) is 0 Å². The van der Waals surface area contributed by atoms with Crippen molar-refractivity contribution < 1.29 is 14.7 Å². The summed E-state index contributed by atoms with van der Waals surface area (Å²) in [6.45, 7) is 0. The van der Waals surface area contributed by atoms with E-state index in [2.05, 4.69) is 25.7 Å².